The van der Waals surface area contributed by atoms with Crippen LogP contribution in [0.5, 0.6) is 5.75 Å². The molecule has 2 aromatic carbocycles. The van der Waals surface area contributed by atoms with Gasteiger partial charge in [-0.25, -0.2) is 0 Å². The van der Waals surface area contributed by atoms with Gasteiger partial charge in [0.25, 0.3) is 11.8 Å². The molecule has 1 aromatic heterocycles. The summed E-state index contributed by atoms with van der Waals surface area (Å²) in [5.74, 6) is 0.00128. The number of anilines is 1. The van der Waals surface area contributed by atoms with Crippen LogP contribution in [0.2, 0.25) is 5.02 Å². The number of ether oxygens (including phenoxy) is 1. The second-order valence-electron chi connectivity index (χ2n) is 6.88. The van der Waals surface area contributed by atoms with Crippen LogP contribution in [0.15, 0.2) is 67.0 Å². The number of nitrogens with zero attached hydrogens (tertiary/aromatic N) is 1. The summed E-state index contributed by atoms with van der Waals surface area (Å²) in [6.07, 6.45) is 3.07. The first-order valence-corrected chi connectivity index (χ1v) is 9.85. The monoisotopic (exact) mass is 423 g/mol. The minimum Gasteiger partial charge on any atom is -0.490 e. The molecule has 0 saturated heterocycles. The number of amides is 2. The predicted octanol–water partition coefficient (Wildman–Crippen LogP) is 4.70. The summed E-state index contributed by atoms with van der Waals surface area (Å²) in [7, 11) is 0. The van der Waals surface area contributed by atoms with Gasteiger partial charge in [0.05, 0.1) is 11.7 Å². The summed E-state index contributed by atoms with van der Waals surface area (Å²) in [5.41, 5.74) is 2.47. The van der Waals surface area contributed by atoms with Gasteiger partial charge < -0.3 is 15.4 Å². The third-order valence-corrected chi connectivity index (χ3v) is 4.39. The summed E-state index contributed by atoms with van der Waals surface area (Å²) in [6, 6.07) is 15.5. The van der Waals surface area contributed by atoms with Crippen LogP contribution < -0.4 is 15.4 Å². The van der Waals surface area contributed by atoms with E-state index in [1.807, 2.05) is 26.0 Å². The van der Waals surface area contributed by atoms with Crippen molar-refractivity contribution in [3.05, 3.63) is 88.7 Å². The lowest BCUT2D eigenvalue weighted by Crippen LogP contribution is -2.24. The Bertz CT molecular complexity index is 1020. The van der Waals surface area contributed by atoms with E-state index in [0.29, 0.717) is 34.1 Å². The van der Waals surface area contributed by atoms with Gasteiger partial charge in [0.1, 0.15) is 5.75 Å². The lowest BCUT2D eigenvalue weighted by molar-refractivity contribution is 0.0944. The van der Waals surface area contributed by atoms with Crippen molar-refractivity contribution in [2.75, 3.05) is 5.32 Å². The number of aromatic nitrogens is 1. The van der Waals surface area contributed by atoms with Crippen molar-refractivity contribution in [1.29, 1.82) is 0 Å². The van der Waals surface area contributed by atoms with E-state index in [1.165, 1.54) is 0 Å². The maximum absolute atomic E-state index is 12.6. The molecule has 0 aliphatic carbocycles. The van der Waals surface area contributed by atoms with E-state index >= 15 is 0 Å². The number of rotatable bonds is 7. The first kappa shape index (κ1) is 21.3. The highest BCUT2D eigenvalue weighted by Gasteiger charge is 2.14. The smallest absolute Gasteiger partial charge is 0.255 e. The van der Waals surface area contributed by atoms with Crippen molar-refractivity contribution in [1.82, 2.24) is 10.3 Å². The summed E-state index contributed by atoms with van der Waals surface area (Å²) < 4.78 is 5.70. The van der Waals surface area contributed by atoms with Crippen LogP contribution in [-0.2, 0) is 6.54 Å². The van der Waals surface area contributed by atoms with Crippen molar-refractivity contribution in [2.45, 2.75) is 26.5 Å². The van der Waals surface area contributed by atoms with E-state index in [2.05, 4.69) is 15.6 Å². The quantitative estimate of drug-likeness (QED) is 0.577. The molecule has 0 radical (unpaired) electrons. The number of nitrogens with one attached hydrogen (secondary N) is 2. The zero-order valence-electron chi connectivity index (χ0n) is 16.7. The molecule has 3 aromatic rings. The Morgan fingerprint density at radius 2 is 1.70 bits per heavy atom. The fraction of sp³-hybridized carbons (Fsp3) is 0.174. The van der Waals surface area contributed by atoms with Gasteiger partial charge in [-0.2, -0.15) is 0 Å². The van der Waals surface area contributed by atoms with Crippen LogP contribution in [0.25, 0.3) is 0 Å². The molecule has 0 aliphatic rings. The van der Waals surface area contributed by atoms with E-state index in [1.54, 1.807) is 54.9 Å². The Balaban J connectivity index is 1.61. The van der Waals surface area contributed by atoms with Crippen LogP contribution in [0.4, 0.5) is 5.69 Å². The van der Waals surface area contributed by atoms with Gasteiger partial charge in [-0.3, -0.25) is 14.6 Å². The molecule has 0 saturated carbocycles. The summed E-state index contributed by atoms with van der Waals surface area (Å²) in [6.45, 7) is 4.11. The molecule has 2 amide bonds. The SMILES string of the molecule is CC(C)Oc1ccc(Cl)cc1C(=O)NCc1ccc(NC(=O)c2ccncc2)cc1. The van der Waals surface area contributed by atoms with Crippen LogP contribution >= 0.6 is 11.6 Å². The van der Waals surface area contributed by atoms with Gasteiger partial charge in [0, 0.05) is 35.2 Å². The lowest BCUT2D eigenvalue weighted by Gasteiger charge is -2.14. The minimum absolute atomic E-state index is 0.0624. The third-order valence-electron chi connectivity index (χ3n) is 4.16. The Labute approximate surface area is 180 Å². The summed E-state index contributed by atoms with van der Waals surface area (Å²) >= 11 is 6.04. The zero-order valence-corrected chi connectivity index (χ0v) is 17.4. The summed E-state index contributed by atoms with van der Waals surface area (Å²) in [5, 5.41) is 6.16. The van der Waals surface area contributed by atoms with E-state index < -0.39 is 0 Å². The maximum Gasteiger partial charge on any atom is 0.255 e. The van der Waals surface area contributed by atoms with Crippen LogP contribution in [0, 0.1) is 0 Å². The van der Waals surface area contributed by atoms with Crippen LogP contribution in [-0.4, -0.2) is 22.9 Å². The van der Waals surface area contributed by atoms with Crippen molar-refractivity contribution in [3.63, 3.8) is 0 Å². The van der Waals surface area contributed by atoms with Crippen LogP contribution in [0.1, 0.15) is 40.1 Å². The number of halogens is 1. The first-order chi connectivity index (χ1) is 14.4. The highest BCUT2D eigenvalue weighted by atomic mass is 35.5. The molecule has 2 N–H and O–H groups in total. The highest BCUT2D eigenvalue weighted by molar-refractivity contribution is 6.31. The number of benzene rings is 2. The van der Waals surface area contributed by atoms with Gasteiger partial charge in [0.15, 0.2) is 0 Å². The van der Waals surface area contributed by atoms with Crippen molar-refractivity contribution >= 4 is 29.1 Å². The van der Waals surface area contributed by atoms with Crippen LogP contribution in [0.3, 0.4) is 0 Å². The fourth-order valence-corrected chi connectivity index (χ4v) is 2.90. The molecule has 1 heterocycles. The van der Waals surface area contributed by atoms with E-state index in [-0.39, 0.29) is 17.9 Å². The molecule has 0 bridgehead atoms. The molecule has 154 valence electrons. The zero-order chi connectivity index (χ0) is 21.5. The van der Waals surface area contributed by atoms with Gasteiger partial charge in [0.2, 0.25) is 0 Å². The number of hydrogen-bond donors (Lipinski definition) is 2. The molecule has 6 nitrogen and oxygen atoms in total. The van der Waals surface area contributed by atoms with Gasteiger partial charge in [-0.05, 0) is 61.9 Å². The average molecular weight is 424 g/mol. The standard InChI is InChI=1S/C23H22ClN3O3/c1-15(2)30-21-8-5-18(24)13-20(21)23(29)26-14-16-3-6-19(7-4-16)27-22(28)17-9-11-25-12-10-17/h3-13,15H,14H2,1-2H3,(H,26,29)(H,27,28). The molecule has 0 unspecified atom stereocenters. The molecule has 7 heteroatoms. The van der Waals surface area contributed by atoms with Gasteiger partial charge in [-0.15, -0.1) is 0 Å². The van der Waals surface area contributed by atoms with Crippen molar-refractivity contribution in [3.8, 4) is 5.75 Å². The molecular weight excluding hydrogens is 402 g/mol. The Morgan fingerprint density at radius 1 is 1.00 bits per heavy atom. The van der Waals surface area contributed by atoms with Crippen molar-refractivity contribution in [2.24, 2.45) is 0 Å². The Kier molecular flexibility index (Phi) is 7.03. The average Bonchev–Trinajstić information content (AvgIpc) is 2.74. The molecule has 0 spiro atoms. The Morgan fingerprint density at radius 3 is 2.37 bits per heavy atom. The Hall–Kier alpha value is -3.38. The number of pyridine rings is 1. The maximum atomic E-state index is 12.6. The predicted molar refractivity (Wildman–Crippen MR) is 117 cm³/mol. The highest BCUT2D eigenvalue weighted by Crippen LogP contribution is 2.24. The molecule has 0 aliphatic heterocycles. The summed E-state index contributed by atoms with van der Waals surface area (Å²) in [4.78, 5) is 28.7. The molecule has 3 rings (SSSR count). The topological polar surface area (TPSA) is 80.3 Å². The number of carbonyl (C=O) groups excluding carboxylic acids is 2. The molecule has 0 atom stereocenters. The normalized spacial score (nSPS) is 10.5. The number of hydrogen-bond acceptors (Lipinski definition) is 4. The molecule has 30 heavy (non-hydrogen) atoms. The minimum atomic E-state index is -0.275. The first-order valence-electron chi connectivity index (χ1n) is 9.47. The van der Waals surface area contributed by atoms with Gasteiger partial charge in [-0.1, -0.05) is 23.7 Å². The molecular formula is C23H22ClN3O3. The molecule has 0 fully saturated rings. The van der Waals surface area contributed by atoms with E-state index in [4.69, 9.17) is 16.3 Å². The number of carbonyl (C=O) groups is 2. The van der Waals surface area contributed by atoms with E-state index in [0.717, 1.165) is 5.56 Å². The fourth-order valence-electron chi connectivity index (χ4n) is 2.73. The van der Waals surface area contributed by atoms with Gasteiger partial charge >= 0.3 is 0 Å². The second kappa shape index (κ2) is 9.89. The van der Waals surface area contributed by atoms with Crippen molar-refractivity contribution < 1.29 is 14.3 Å². The second-order valence-corrected chi connectivity index (χ2v) is 7.31. The van der Waals surface area contributed by atoms with E-state index in [9.17, 15) is 9.59 Å². The largest absolute Gasteiger partial charge is 0.490 e. The lowest BCUT2D eigenvalue weighted by atomic mass is 10.1. The third kappa shape index (κ3) is 5.81.